The van der Waals surface area contributed by atoms with Crippen LogP contribution >= 0.6 is 0 Å². The molecule has 0 spiro atoms. The fourth-order valence-corrected chi connectivity index (χ4v) is 2.99. The van der Waals surface area contributed by atoms with E-state index in [1.807, 2.05) is 0 Å². The number of rotatable bonds is 16. The molecule has 1 rings (SSSR count). The summed E-state index contributed by atoms with van der Waals surface area (Å²) in [6.45, 7) is 2.26. The second-order valence-electron chi connectivity index (χ2n) is 7.53. The Morgan fingerprint density at radius 2 is 1.32 bits per heavy atom. The van der Waals surface area contributed by atoms with Crippen LogP contribution in [0.25, 0.3) is 0 Å². The summed E-state index contributed by atoms with van der Waals surface area (Å²) in [6, 6.07) is 5.64. The van der Waals surface area contributed by atoms with Crippen molar-refractivity contribution >= 4 is 11.9 Å². The summed E-state index contributed by atoms with van der Waals surface area (Å²) < 4.78 is 0. The van der Waals surface area contributed by atoms with Crippen molar-refractivity contribution in [3.05, 3.63) is 42.0 Å². The van der Waals surface area contributed by atoms with Crippen LogP contribution in [-0.4, -0.2) is 22.2 Å². The van der Waals surface area contributed by atoms with Gasteiger partial charge < -0.3 is 20.1 Å². The topological polar surface area (TPSA) is 97.7 Å². The number of benzene rings is 1. The van der Waals surface area contributed by atoms with Gasteiger partial charge in [-0.2, -0.15) is 0 Å². The van der Waals surface area contributed by atoms with Crippen molar-refractivity contribution in [2.75, 3.05) is 0 Å². The Morgan fingerprint density at radius 3 is 1.77 bits per heavy atom. The quantitative estimate of drug-likeness (QED) is 0.233. The molecule has 0 saturated heterocycles. The maximum Gasteiger partial charge on any atom is 1.00 e. The fraction of sp³-hybridized carbons (Fsp3) is 0.600. The minimum absolute atomic E-state index is 0. The third-order valence-corrected chi connectivity index (χ3v) is 4.78. The summed E-state index contributed by atoms with van der Waals surface area (Å²) in [4.78, 5) is 20.5. The van der Waals surface area contributed by atoms with Gasteiger partial charge in [0.1, 0.15) is 5.75 Å². The van der Waals surface area contributed by atoms with Gasteiger partial charge >= 0.3 is 35.5 Å². The van der Waals surface area contributed by atoms with E-state index in [4.69, 9.17) is 10.2 Å². The average Bonchev–Trinajstić information content (AvgIpc) is 2.71. The van der Waals surface area contributed by atoms with Gasteiger partial charge in [0.2, 0.25) is 0 Å². The van der Waals surface area contributed by atoms with Gasteiger partial charge in [-0.3, -0.25) is 4.79 Å². The minimum atomic E-state index is -1.36. The van der Waals surface area contributed by atoms with Crippen LogP contribution in [0, 0.1) is 0 Å². The molecule has 6 heteroatoms. The van der Waals surface area contributed by atoms with E-state index in [2.05, 4.69) is 19.1 Å². The van der Waals surface area contributed by atoms with Gasteiger partial charge in [0.25, 0.3) is 0 Å². The molecule has 0 fully saturated rings. The number of carboxylic acids is 2. The van der Waals surface area contributed by atoms with E-state index in [-0.39, 0.29) is 40.9 Å². The van der Waals surface area contributed by atoms with Crippen molar-refractivity contribution < 1.29 is 54.5 Å². The van der Waals surface area contributed by atoms with Crippen molar-refractivity contribution in [2.45, 2.75) is 96.8 Å². The van der Waals surface area contributed by atoms with Gasteiger partial charge in [0, 0.05) is 12.0 Å². The summed E-state index contributed by atoms with van der Waals surface area (Å²) in [5.41, 5.74) is -0.178. The Labute approximate surface area is 210 Å². The average molecular weight is 443 g/mol. The normalized spacial score (nSPS) is 10.2. The van der Waals surface area contributed by atoms with Crippen molar-refractivity contribution in [1.82, 2.24) is 0 Å². The first-order valence-corrected chi connectivity index (χ1v) is 11.3. The number of aromatic hydroxyl groups is 1. The van der Waals surface area contributed by atoms with Crippen LogP contribution in [-0.2, 0) is 4.79 Å². The van der Waals surface area contributed by atoms with E-state index >= 15 is 0 Å². The number of unbranched alkanes of at least 4 members (excludes halogenated alkanes) is 11. The smallest absolute Gasteiger partial charge is 0.545 e. The molecule has 170 valence electrons. The predicted octanol–water partition coefficient (Wildman–Crippen LogP) is 2.87. The molecule has 1 aromatic carbocycles. The number of phenols is 1. The van der Waals surface area contributed by atoms with Gasteiger partial charge in [-0.25, -0.2) is 0 Å². The number of aliphatic carboxylic acids is 1. The molecule has 1 aromatic rings. The maximum absolute atomic E-state index is 10.3. The van der Waals surface area contributed by atoms with E-state index < -0.39 is 11.9 Å². The Bertz CT molecular complexity index is 601. The number of hydrogen-bond acceptors (Lipinski definition) is 4. The van der Waals surface area contributed by atoms with Crippen LogP contribution in [0.2, 0.25) is 0 Å². The van der Waals surface area contributed by atoms with Gasteiger partial charge in [-0.05, 0) is 44.2 Å². The number of aromatic carboxylic acids is 1. The Morgan fingerprint density at radius 1 is 0.839 bits per heavy atom. The first kappa shape index (κ1) is 31.9. The van der Waals surface area contributed by atoms with Gasteiger partial charge in [-0.15, -0.1) is 0 Å². The van der Waals surface area contributed by atoms with Crippen LogP contribution in [0.5, 0.6) is 5.75 Å². The first-order chi connectivity index (χ1) is 14.5. The molecule has 0 bridgehead atoms. The second kappa shape index (κ2) is 23.4. The molecule has 0 aliphatic heterocycles. The number of carbonyl (C=O) groups is 2. The minimum Gasteiger partial charge on any atom is -0.545 e. The van der Waals surface area contributed by atoms with E-state index in [0.29, 0.717) is 6.42 Å². The van der Waals surface area contributed by atoms with Gasteiger partial charge in [0.15, 0.2) is 0 Å². The third kappa shape index (κ3) is 21.7. The van der Waals surface area contributed by atoms with Crippen LogP contribution in [0.1, 0.15) is 107 Å². The van der Waals surface area contributed by atoms with E-state index in [9.17, 15) is 14.7 Å². The van der Waals surface area contributed by atoms with Crippen LogP contribution in [0.4, 0.5) is 0 Å². The van der Waals surface area contributed by atoms with Gasteiger partial charge in [0.05, 0.1) is 5.97 Å². The summed E-state index contributed by atoms with van der Waals surface area (Å²) in [7, 11) is 0. The van der Waals surface area contributed by atoms with E-state index in [1.165, 1.54) is 88.8 Å². The molecule has 0 aliphatic rings. The van der Waals surface area contributed by atoms with Crippen LogP contribution in [0.3, 0.4) is 0 Å². The Hall–Kier alpha value is -1.30. The van der Waals surface area contributed by atoms with E-state index in [0.717, 1.165) is 12.8 Å². The maximum atomic E-state index is 10.3. The van der Waals surface area contributed by atoms with E-state index in [1.54, 1.807) is 6.07 Å². The SMILES string of the molecule is CCCCCCCCC=CCCCCCCCC(=O)O.O=C([O-])c1ccccc1O.[Na+]. The molecular formula is C25H39NaO5. The number of para-hydroxylation sites is 1. The zero-order chi connectivity index (χ0) is 22.5. The van der Waals surface area contributed by atoms with Crippen molar-refractivity contribution in [1.29, 1.82) is 0 Å². The summed E-state index contributed by atoms with van der Waals surface area (Å²) >= 11 is 0. The monoisotopic (exact) mass is 442 g/mol. The molecule has 5 nitrogen and oxygen atoms in total. The standard InChI is InChI=1S/C18H34O2.C7H6O3.Na/c1-2-3-4-5-6-7-8-9-10-11-12-13-14-15-16-17-18(19)20;8-6-4-2-1-3-5(6)7(9)10;/h9-10H,2-8,11-17H2,1H3,(H,19,20);1-4,8H,(H,9,10);/q;;+1/p-1. The third-order valence-electron chi connectivity index (χ3n) is 4.78. The van der Waals surface area contributed by atoms with Crippen LogP contribution < -0.4 is 34.7 Å². The fourth-order valence-electron chi connectivity index (χ4n) is 2.99. The van der Waals surface area contributed by atoms with Crippen molar-refractivity contribution in [3.8, 4) is 5.75 Å². The van der Waals surface area contributed by atoms with Crippen molar-refractivity contribution in [3.63, 3.8) is 0 Å². The molecule has 0 heterocycles. The number of carbonyl (C=O) groups excluding carboxylic acids is 1. The molecule has 0 unspecified atom stereocenters. The summed E-state index contributed by atoms with van der Waals surface area (Å²) in [6.07, 6.45) is 21.2. The molecule has 0 atom stereocenters. The molecule has 0 saturated carbocycles. The predicted molar refractivity (Wildman–Crippen MR) is 120 cm³/mol. The summed E-state index contributed by atoms with van der Waals surface area (Å²) in [5, 5.41) is 27.5. The van der Waals surface area contributed by atoms with Crippen LogP contribution in [0.15, 0.2) is 36.4 Å². The molecule has 0 aromatic heterocycles. The first-order valence-electron chi connectivity index (χ1n) is 11.3. The van der Waals surface area contributed by atoms with Gasteiger partial charge in [-0.1, -0.05) is 82.6 Å². The number of carboxylic acid groups (broad SMARTS) is 2. The zero-order valence-electron chi connectivity index (χ0n) is 19.5. The summed E-state index contributed by atoms with van der Waals surface area (Å²) in [5.74, 6) is -2.29. The second-order valence-corrected chi connectivity index (χ2v) is 7.53. The molecular weight excluding hydrogens is 403 g/mol. The molecule has 0 radical (unpaired) electrons. The van der Waals surface area contributed by atoms with Crippen molar-refractivity contribution in [2.24, 2.45) is 0 Å². The Balaban J connectivity index is 0. The zero-order valence-corrected chi connectivity index (χ0v) is 21.5. The number of hydrogen-bond donors (Lipinski definition) is 2. The largest absolute Gasteiger partial charge is 1.00 e. The molecule has 0 amide bonds. The molecule has 0 aliphatic carbocycles. The number of allylic oxidation sites excluding steroid dienone is 2. The Kier molecular flexibility index (Phi) is 24.0. The molecule has 31 heavy (non-hydrogen) atoms. The molecule has 2 N–H and O–H groups in total.